The summed E-state index contributed by atoms with van der Waals surface area (Å²) in [5.74, 6) is 0.192. The number of nitrogens with zero attached hydrogens (tertiary/aromatic N) is 1. The highest BCUT2D eigenvalue weighted by molar-refractivity contribution is 5.81. The summed E-state index contributed by atoms with van der Waals surface area (Å²) in [5, 5.41) is 0. The van der Waals surface area contributed by atoms with Crippen molar-refractivity contribution in [1.29, 1.82) is 0 Å². The maximum absolute atomic E-state index is 11.2. The van der Waals surface area contributed by atoms with Crippen LogP contribution in [-0.2, 0) is 14.3 Å². The molecule has 0 N–H and O–H groups in total. The minimum absolute atomic E-state index is 0.0758. The van der Waals surface area contributed by atoms with Gasteiger partial charge in [0.1, 0.15) is 11.8 Å². The minimum atomic E-state index is -0.116. The Bertz CT molecular complexity index is 229. The minimum Gasteiger partial charge on any atom is -0.464 e. The van der Waals surface area contributed by atoms with Crippen LogP contribution >= 0.6 is 0 Å². The van der Waals surface area contributed by atoms with Crippen molar-refractivity contribution in [3.05, 3.63) is 0 Å². The van der Waals surface area contributed by atoms with Gasteiger partial charge in [0, 0.05) is 32.4 Å². The Morgan fingerprint density at radius 2 is 1.92 bits per heavy atom. The molecule has 2 heterocycles. The quantitative estimate of drug-likeness (QED) is 0.535. The highest BCUT2D eigenvalue weighted by atomic mass is 16.5. The molecule has 0 aromatic rings. The first-order valence-electron chi connectivity index (χ1n) is 4.70. The summed E-state index contributed by atoms with van der Waals surface area (Å²) in [6.45, 7) is 1.98. The van der Waals surface area contributed by atoms with E-state index in [1.54, 1.807) is 0 Å². The van der Waals surface area contributed by atoms with Gasteiger partial charge in [-0.05, 0) is 0 Å². The van der Waals surface area contributed by atoms with Crippen molar-refractivity contribution in [3.8, 4) is 0 Å². The molecule has 72 valence electrons. The number of likely N-dealkylation sites (tertiary alicyclic amines) is 1. The van der Waals surface area contributed by atoms with Gasteiger partial charge < -0.3 is 4.74 Å². The lowest BCUT2D eigenvalue weighted by molar-refractivity contribution is -0.143. The van der Waals surface area contributed by atoms with Crippen molar-refractivity contribution < 1.29 is 14.3 Å². The molecule has 2 fully saturated rings. The molecular weight excluding hydrogens is 170 g/mol. The third-order valence-corrected chi connectivity index (χ3v) is 2.70. The predicted octanol–water partition coefficient (Wildman–Crippen LogP) is -0.0332. The van der Waals surface area contributed by atoms with E-state index in [9.17, 15) is 9.59 Å². The summed E-state index contributed by atoms with van der Waals surface area (Å²) in [5.41, 5.74) is 0. The lowest BCUT2D eigenvalue weighted by Crippen LogP contribution is -2.43. The number of Topliss-reactive ketones (excluding diaryl/α,β-unsaturated/α-hetero) is 1. The Hall–Kier alpha value is -0.900. The van der Waals surface area contributed by atoms with E-state index in [0.29, 0.717) is 25.2 Å². The van der Waals surface area contributed by atoms with Crippen LogP contribution in [0.5, 0.6) is 0 Å². The number of rotatable bonds is 1. The molecule has 0 radical (unpaired) electrons. The fraction of sp³-hybridized carbons (Fsp3) is 0.778. The average Bonchev–Trinajstić information content (AvgIpc) is 2.53. The number of ketones is 1. The molecule has 2 rings (SSSR count). The normalized spacial score (nSPS) is 30.6. The molecule has 1 unspecified atom stereocenters. The topological polar surface area (TPSA) is 46.6 Å². The predicted molar refractivity (Wildman–Crippen MR) is 45.2 cm³/mol. The van der Waals surface area contributed by atoms with E-state index < -0.39 is 0 Å². The van der Waals surface area contributed by atoms with Crippen LogP contribution in [0.1, 0.15) is 19.3 Å². The maximum atomic E-state index is 11.2. The molecule has 4 nitrogen and oxygen atoms in total. The number of hydrogen-bond acceptors (Lipinski definition) is 4. The van der Waals surface area contributed by atoms with E-state index in [0.717, 1.165) is 19.5 Å². The Balaban J connectivity index is 1.93. The van der Waals surface area contributed by atoms with Gasteiger partial charge >= 0.3 is 5.97 Å². The van der Waals surface area contributed by atoms with Crippen LogP contribution < -0.4 is 0 Å². The number of piperidine rings is 1. The highest BCUT2D eigenvalue weighted by Gasteiger charge is 2.33. The largest absolute Gasteiger partial charge is 0.464 e. The third kappa shape index (κ3) is 1.72. The van der Waals surface area contributed by atoms with Crippen molar-refractivity contribution in [2.75, 3.05) is 19.7 Å². The van der Waals surface area contributed by atoms with Crippen molar-refractivity contribution in [3.63, 3.8) is 0 Å². The Labute approximate surface area is 76.8 Å². The first-order valence-corrected chi connectivity index (χ1v) is 4.70. The Morgan fingerprint density at radius 1 is 1.23 bits per heavy atom. The first kappa shape index (κ1) is 8.69. The van der Waals surface area contributed by atoms with Crippen LogP contribution in [0.4, 0.5) is 0 Å². The second-order valence-corrected chi connectivity index (χ2v) is 3.55. The summed E-state index contributed by atoms with van der Waals surface area (Å²) in [4.78, 5) is 24.2. The van der Waals surface area contributed by atoms with Gasteiger partial charge in [0.25, 0.3) is 0 Å². The van der Waals surface area contributed by atoms with Gasteiger partial charge in [0.05, 0.1) is 6.61 Å². The molecule has 0 aliphatic carbocycles. The average molecular weight is 183 g/mol. The molecule has 0 bridgehead atoms. The molecular formula is C9H13NO3. The molecule has 0 spiro atoms. The Morgan fingerprint density at radius 3 is 2.46 bits per heavy atom. The van der Waals surface area contributed by atoms with E-state index in [1.807, 2.05) is 0 Å². The first-order chi connectivity index (χ1) is 6.27. The molecule has 0 saturated carbocycles. The summed E-state index contributed by atoms with van der Waals surface area (Å²) in [6.07, 6.45) is 1.96. The Kier molecular flexibility index (Phi) is 2.31. The smallest absolute Gasteiger partial charge is 0.323 e. The van der Waals surface area contributed by atoms with Gasteiger partial charge in [-0.25, -0.2) is 0 Å². The summed E-state index contributed by atoms with van der Waals surface area (Å²) < 4.78 is 4.88. The second-order valence-electron chi connectivity index (χ2n) is 3.55. The number of ether oxygens (including phenoxy) is 1. The van der Waals surface area contributed by atoms with E-state index in [4.69, 9.17) is 4.74 Å². The third-order valence-electron chi connectivity index (χ3n) is 2.70. The number of cyclic esters (lactones) is 1. The zero-order valence-corrected chi connectivity index (χ0v) is 7.49. The SMILES string of the molecule is O=C1CCN(C2CCOC2=O)CC1. The molecule has 1 atom stereocenters. The van der Waals surface area contributed by atoms with Crippen LogP contribution in [-0.4, -0.2) is 42.4 Å². The molecule has 0 amide bonds. The van der Waals surface area contributed by atoms with Gasteiger partial charge in [-0.1, -0.05) is 0 Å². The van der Waals surface area contributed by atoms with Crippen LogP contribution in [0.25, 0.3) is 0 Å². The van der Waals surface area contributed by atoms with Crippen LogP contribution in [0.3, 0.4) is 0 Å². The van der Waals surface area contributed by atoms with Crippen LogP contribution in [0.2, 0.25) is 0 Å². The van der Waals surface area contributed by atoms with Crippen molar-refractivity contribution >= 4 is 11.8 Å². The maximum Gasteiger partial charge on any atom is 0.323 e. The van der Waals surface area contributed by atoms with Crippen molar-refractivity contribution in [1.82, 2.24) is 4.90 Å². The molecule has 2 aliphatic heterocycles. The zero-order chi connectivity index (χ0) is 9.26. The number of carbonyl (C=O) groups is 2. The number of hydrogen-bond donors (Lipinski definition) is 0. The van der Waals surface area contributed by atoms with E-state index in [1.165, 1.54) is 0 Å². The van der Waals surface area contributed by atoms with Crippen molar-refractivity contribution in [2.24, 2.45) is 0 Å². The van der Waals surface area contributed by atoms with Gasteiger partial charge in [-0.15, -0.1) is 0 Å². The lowest BCUT2D eigenvalue weighted by Gasteiger charge is -2.28. The monoisotopic (exact) mass is 183 g/mol. The molecule has 2 saturated heterocycles. The second kappa shape index (κ2) is 3.46. The van der Waals surface area contributed by atoms with E-state index >= 15 is 0 Å². The number of esters is 1. The summed E-state index contributed by atoms with van der Waals surface area (Å²) in [7, 11) is 0. The molecule has 4 heteroatoms. The lowest BCUT2D eigenvalue weighted by atomic mass is 10.1. The zero-order valence-electron chi connectivity index (χ0n) is 7.49. The van der Waals surface area contributed by atoms with E-state index in [2.05, 4.69) is 4.90 Å². The van der Waals surface area contributed by atoms with Gasteiger partial charge in [0.15, 0.2) is 0 Å². The number of carbonyl (C=O) groups excluding carboxylic acids is 2. The molecule has 13 heavy (non-hydrogen) atoms. The molecule has 0 aromatic heterocycles. The fourth-order valence-corrected chi connectivity index (χ4v) is 1.90. The van der Waals surface area contributed by atoms with Crippen molar-refractivity contribution in [2.45, 2.75) is 25.3 Å². The highest BCUT2D eigenvalue weighted by Crippen LogP contribution is 2.17. The van der Waals surface area contributed by atoms with Gasteiger partial charge in [-0.2, -0.15) is 0 Å². The summed E-state index contributed by atoms with van der Waals surface area (Å²) in [6, 6.07) is -0.0758. The standard InChI is InChI=1S/C9H13NO3/c11-7-1-4-10(5-2-7)8-3-6-13-9(8)12/h8H,1-6H2. The van der Waals surface area contributed by atoms with E-state index in [-0.39, 0.29) is 12.0 Å². The van der Waals surface area contributed by atoms with Crippen LogP contribution in [0.15, 0.2) is 0 Å². The van der Waals surface area contributed by atoms with Crippen LogP contribution in [0, 0.1) is 0 Å². The molecule has 0 aromatic carbocycles. The molecule has 2 aliphatic rings. The van der Waals surface area contributed by atoms with Gasteiger partial charge in [-0.3, -0.25) is 14.5 Å². The summed E-state index contributed by atoms with van der Waals surface area (Å²) >= 11 is 0. The fourth-order valence-electron chi connectivity index (χ4n) is 1.90. The van der Waals surface area contributed by atoms with Gasteiger partial charge in [0.2, 0.25) is 0 Å².